The summed E-state index contributed by atoms with van der Waals surface area (Å²) in [5.41, 5.74) is 0. The van der Waals surface area contributed by atoms with E-state index < -0.39 is 12.1 Å². The Hall–Kier alpha value is -2.11. The van der Waals surface area contributed by atoms with E-state index in [1.54, 1.807) is 19.9 Å². The van der Waals surface area contributed by atoms with Gasteiger partial charge in [0.15, 0.2) is 6.10 Å². The van der Waals surface area contributed by atoms with Crippen LogP contribution in [0.3, 0.4) is 0 Å². The number of nitrogens with zero attached hydrogens (tertiary/aromatic N) is 1. The summed E-state index contributed by atoms with van der Waals surface area (Å²) in [6, 6.07) is 3.14. The Morgan fingerprint density at radius 1 is 1.50 bits per heavy atom. The molecular formula is C12H16N2O4. The summed E-state index contributed by atoms with van der Waals surface area (Å²) in [6.45, 7) is 5.01. The zero-order chi connectivity index (χ0) is 13.5. The van der Waals surface area contributed by atoms with Gasteiger partial charge in [-0.2, -0.15) is 0 Å². The van der Waals surface area contributed by atoms with E-state index in [9.17, 15) is 9.59 Å². The molecule has 0 saturated carbocycles. The van der Waals surface area contributed by atoms with Crippen molar-refractivity contribution >= 4 is 17.7 Å². The van der Waals surface area contributed by atoms with Gasteiger partial charge in [-0.1, -0.05) is 0 Å². The lowest BCUT2D eigenvalue weighted by Crippen LogP contribution is -2.26. The Kier molecular flexibility index (Phi) is 5.10. The Balaban J connectivity index is 2.66. The van der Waals surface area contributed by atoms with Crippen molar-refractivity contribution in [1.82, 2.24) is 4.98 Å². The van der Waals surface area contributed by atoms with Crippen molar-refractivity contribution in [2.24, 2.45) is 0 Å². The van der Waals surface area contributed by atoms with Crippen LogP contribution in [0.1, 0.15) is 20.8 Å². The highest BCUT2D eigenvalue weighted by atomic mass is 16.6. The van der Waals surface area contributed by atoms with Crippen molar-refractivity contribution in [3.63, 3.8) is 0 Å². The van der Waals surface area contributed by atoms with Crippen molar-refractivity contribution in [2.75, 3.05) is 11.9 Å². The highest BCUT2D eigenvalue weighted by molar-refractivity contribution is 5.87. The minimum absolute atomic E-state index is 0.224. The number of carbonyl (C=O) groups is 2. The predicted octanol–water partition coefficient (Wildman–Crippen LogP) is 1.37. The van der Waals surface area contributed by atoms with Gasteiger partial charge in [0, 0.05) is 19.2 Å². The largest absolute Gasteiger partial charge is 0.479 e. The topological polar surface area (TPSA) is 77.5 Å². The van der Waals surface area contributed by atoms with E-state index in [1.807, 2.05) is 0 Å². The first-order chi connectivity index (χ1) is 8.52. The van der Waals surface area contributed by atoms with Crippen molar-refractivity contribution in [3.8, 4) is 5.75 Å². The van der Waals surface area contributed by atoms with E-state index in [0.717, 1.165) is 0 Å². The van der Waals surface area contributed by atoms with Crippen LogP contribution < -0.4 is 10.1 Å². The third-order valence-electron chi connectivity index (χ3n) is 1.97. The van der Waals surface area contributed by atoms with Gasteiger partial charge in [-0.3, -0.25) is 4.79 Å². The van der Waals surface area contributed by atoms with Gasteiger partial charge in [0.25, 0.3) is 0 Å². The molecule has 18 heavy (non-hydrogen) atoms. The highest BCUT2D eigenvalue weighted by Gasteiger charge is 2.15. The summed E-state index contributed by atoms with van der Waals surface area (Å²) in [6.07, 6.45) is 0.774. The van der Waals surface area contributed by atoms with Crippen molar-refractivity contribution in [1.29, 1.82) is 0 Å². The normalized spacial score (nSPS) is 11.5. The van der Waals surface area contributed by atoms with Gasteiger partial charge in [-0.05, 0) is 19.9 Å². The maximum Gasteiger partial charge on any atom is 0.347 e. The third-order valence-corrected chi connectivity index (χ3v) is 1.97. The van der Waals surface area contributed by atoms with E-state index in [4.69, 9.17) is 9.47 Å². The first kappa shape index (κ1) is 14.0. The molecule has 6 heteroatoms. The fourth-order valence-corrected chi connectivity index (χ4v) is 1.25. The zero-order valence-electron chi connectivity index (χ0n) is 10.6. The Labute approximate surface area is 105 Å². The van der Waals surface area contributed by atoms with Crippen molar-refractivity contribution < 1.29 is 19.1 Å². The van der Waals surface area contributed by atoms with Gasteiger partial charge in [-0.15, -0.1) is 0 Å². The molecule has 0 aromatic carbocycles. The molecule has 0 aliphatic carbocycles. The number of hydrogen-bond acceptors (Lipinski definition) is 5. The molecule has 1 aromatic rings. The minimum atomic E-state index is -0.711. The SMILES string of the molecule is CCOC(=O)C(C)Oc1ccnc(NC(C)=O)c1. The summed E-state index contributed by atoms with van der Waals surface area (Å²) in [7, 11) is 0. The van der Waals surface area contributed by atoms with Crippen LogP contribution in [-0.2, 0) is 14.3 Å². The van der Waals surface area contributed by atoms with Gasteiger partial charge in [-0.25, -0.2) is 9.78 Å². The maximum atomic E-state index is 11.4. The number of pyridine rings is 1. The van der Waals surface area contributed by atoms with E-state index in [1.165, 1.54) is 19.2 Å². The summed E-state index contributed by atoms with van der Waals surface area (Å²) in [5.74, 6) is 0.152. The monoisotopic (exact) mass is 252 g/mol. The average molecular weight is 252 g/mol. The second kappa shape index (κ2) is 6.58. The Bertz CT molecular complexity index is 434. The second-order valence-electron chi connectivity index (χ2n) is 3.57. The fraction of sp³-hybridized carbons (Fsp3) is 0.417. The first-order valence-corrected chi connectivity index (χ1v) is 5.60. The summed E-state index contributed by atoms with van der Waals surface area (Å²) in [5, 5.41) is 2.53. The molecule has 0 aliphatic rings. The van der Waals surface area contributed by atoms with Gasteiger partial charge in [0.05, 0.1) is 6.61 Å². The van der Waals surface area contributed by atoms with Crippen LogP contribution in [0.2, 0.25) is 0 Å². The van der Waals surface area contributed by atoms with Crippen LogP contribution >= 0.6 is 0 Å². The lowest BCUT2D eigenvalue weighted by molar-refractivity contribution is -0.150. The van der Waals surface area contributed by atoms with Crippen LogP contribution in [0.4, 0.5) is 5.82 Å². The van der Waals surface area contributed by atoms with E-state index >= 15 is 0 Å². The number of rotatable bonds is 5. The van der Waals surface area contributed by atoms with E-state index in [2.05, 4.69) is 10.3 Å². The molecular weight excluding hydrogens is 236 g/mol. The molecule has 1 unspecified atom stereocenters. The smallest absolute Gasteiger partial charge is 0.347 e. The van der Waals surface area contributed by atoms with Gasteiger partial charge in [0.2, 0.25) is 5.91 Å². The Morgan fingerprint density at radius 3 is 2.83 bits per heavy atom. The molecule has 0 radical (unpaired) electrons. The second-order valence-corrected chi connectivity index (χ2v) is 3.57. The molecule has 1 aromatic heterocycles. The lowest BCUT2D eigenvalue weighted by Gasteiger charge is -2.13. The molecule has 0 spiro atoms. The molecule has 0 bridgehead atoms. The Morgan fingerprint density at radius 2 is 2.22 bits per heavy atom. The minimum Gasteiger partial charge on any atom is -0.479 e. The van der Waals surface area contributed by atoms with Crippen molar-refractivity contribution in [3.05, 3.63) is 18.3 Å². The quantitative estimate of drug-likeness (QED) is 0.801. The number of anilines is 1. The van der Waals surface area contributed by atoms with Gasteiger partial charge < -0.3 is 14.8 Å². The predicted molar refractivity (Wildman–Crippen MR) is 65.3 cm³/mol. The molecule has 1 N–H and O–H groups in total. The standard InChI is InChI=1S/C12H16N2O4/c1-4-17-12(16)8(2)18-10-5-6-13-11(7-10)14-9(3)15/h5-8H,4H2,1-3H3,(H,13,14,15). The summed E-state index contributed by atoms with van der Waals surface area (Å²) in [4.78, 5) is 26.2. The van der Waals surface area contributed by atoms with Crippen LogP contribution in [0.25, 0.3) is 0 Å². The number of hydrogen-bond donors (Lipinski definition) is 1. The zero-order valence-corrected chi connectivity index (χ0v) is 10.6. The van der Waals surface area contributed by atoms with Crippen LogP contribution in [-0.4, -0.2) is 29.6 Å². The molecule has 6 nitrogen and oxygen atoms in total. The molecule has 0 saturated heterocycles. The molecule has 1 atom stereocenters. The van der Waals surface area contributed by atoms with Gasteiger partial charge >= 0.3 is 5.97 Å². The highest BCUT2D eigenvalue weighted by Crippen LogP contribution is 2.16. The van der Waals surface area contributed by atoms with Crippen molar-refractivity contribution in [2.45, 2.75) is 26.9 Å². The van der Waals surface area contributed by atoms with Crippen LogP contribution in [0.5, 0.6) is 5.75 Å². The van der Waals surface area contributed by atoms with E-state index in [-0.39, 0.29) is 5.91 Å². The maximum absolute atomic E-state index is 11.4. The number of ether oxygens (including phenoxy) is 2. The average Bonchev–Trinajstić information content (AvgIpc) is 2.28. The fourth-order valence-electron chi connectivity index (χ4n) is 1.25. The van der Waals surface area contributed by atoms with Crippen LogP contribution in [0.15, 0.2) is 18.3 Å². The van der Waals surface area contributed by atoms with Gasteiger partial charge in [0.1, 0.15) is 11.6 Å². The van der Waals surface area contributed by atoms with Crippen LogP contribution in [0, 0.1) is 0 Å². The van der Waals surface area contributed by atoms with E-state index in [0.29, 0.717) is 18.2 Å². The summed E-state index contributed by atoms with van der Waals surface area (Å²) < 4.78 is 10.2. The number of amides is 1. The lowest BCUT2D eigenvalue weighted by atomic mass is 10.3. The molecule has 1 rings (SSSR count). The molecule has 0 fully saturated rings. The number of esters is 1. The number of aromatic nitrogens is 1. The third kappa shape index (κ3) is 4.40. The summed E-state index contributed by atoms with van der Waals surface area (Å²) >= 11 is 0. The number of carbonyl (C=O) groups excluding carboxylic acids is 2. The molecule has 0 aliphatic heterocycles. The molecule has 1 amide bonds. The first-order valence-electron chi connectivity index (χ1n) is 5.60. The molecule has 1 heterocycles. The number of nitrogens with one attached hydrogen (secondary N) is 1. The molecule has 98 valence electrons.